The van der Waals surface area contributed by atoms with Crippen molar-refractivity contribution < 1.29 is 14.3 Å². The second-order valence-electron chi connectivity index (χ2n) is 11.9. The molecule has 0 bridgehead atoms. The number of halogens is 1. The minimum absolute atomic E-state index is 0.0840. The number of nitrogens with zero attached hydrogens (tertiary/aromatic N) is 3. The first-order valence-corrected chi connectivity index (χ1v) is 13.0. The highest BCUT2D eigenvalue weighted by Gasteiger charge is 2.59. The number of alkyl halides is 1. The Kier molecular flexibility index (Phi) is 5.17. The molecule has 0 aliphatic heterocycles. The lowest BCUT2D eigenvalue weighted by atomic mass is 9.49. The van der Waals surface area contributed by atoms with E-state index < -0.39 is 12.3 Å². The number of hydrogen-bond donors (Lipinski definition) is 1. The zero-order valence-corrected chi connectivity index (χ0v) is 19.6. The monoisotopic (exact) mass is 453 g/mol. The fourth-order valence-corrected chi connectivity index (χ4v) is 8.91. The summed E-state index contributed by atoms with van der Waals surface area (Å²) in [6, 6.07) is 3.88. The largest absolute Gasteiger partial charge is 0.387 e. The molecule has 33 heavy (non-hydrogen) atoms. The van der Waals surface area contributed by atoms with E-state index in [-0.39, 0.29) is 11.3 Å². The van der Waals surface area contributed by atoms with Crippen molar-refractivity contribution in [3.63, 3.8) is 0 Å². The lowest BCUT2D eigenvalue weighted by molar-refractivity contribution is -0.134. The predicted molar refractivity (Wildman–Crippen MR) is 124 cm³/mol. The third kappa shape index (κ3) is 3.38. The predicted octanol–water partition coefficient (Wildman–Crippen LogP) is 4.97. The molecule has 0 aromatic carbocycles. The maximum atomic E-state index is 13.6. The molecule has 8 atom stereocenters. The standard InChI is InChI=1S/C27H36FN3O2/c1-26-10-8-19-18-9-11-27(33,16-28)13-17(18)4-5-20(19)21(26)6-7-22(26)25(32)15-31-24-3-2-12-29-23(24)14-30-31/h2-3,12,14,17-22,33H,4-11,13,15-16H2,1H3/t17-,18-,19+,20+,21-,22+,26-,27+/m0/s1. The third-order valence-corrected chi connectivity index (χ3v) is 10.5. The van der Waals surface area contributed by atoms with Crippen molar-refractivity contribution in [3.05, 3.63) is 24.5 Å². The van der Waals surface area contributed by atoms with E-state index in [0.29, 0.717) is 54.8 Å². The quantitative estimate of drug-likeness (QED) is 0.710. The molecule has 6 rings (SSSR count). The molecule has 0 spiro atoms. The number of fused-ring (bicyclic) bond motifs is 6. The molecule has 4 fully saturated rings. The lowest BCUT2D eigenvalue weighted by Crippen LogP contribution is -2.52. The van der Waals surface area contributed by atoms with Gasteiger partial charge < -0.3 is 5.11 Å². The molecule has 5 nitrogen and oxygen atoms in total. The number of ketones is 1. The Hall–Kier alpha value is -1.82. The van der Waals surface area contributed by atoms with Gasteiger partial charge in [0.25, 0.3) is 0 Å². The van der Waals surface area contributed by atoms with Gasteiger partial charge in [-0.05, 0) is 105 Å². The smallest absolute Gasteiger partial charge is 0.157 e. The van der Waals surface area contributed by atoms with E-state index in [1.807, 2.05) is 16.8 Å². The highest BCUT2D eigenvalue weighted by Crippen LogP contribution is 2.64. The zero-order valence-electron chi connectivity index (χ0n) is 19.6. The molecule has 0 amide bonds. The van der Waals surface area contributed by atoms with E-state index in [1.54, 1.807) is 12.4 Å². The molecule has 4 aliphatic rings. The summed E-state index contributed by atoms with van der Waals surface area (Å²) in [6.07, 6.45) is 12.5. The second kappa shape index (κ2) is 7.86. The Morgan fingerprint density at radius 3 is 2.85 bits per heavy atom. The average Bonchev–Trinajstić information content (AvgIpc) is 3.39. The van der Waals surface area contributed by atoms with Crippen LogP contribution in [-0.2, 0) is 11.3 Å². The molecule has 0 radical (unpaired) electrons. The van der Waals surface area contributed by atoms with Gasteiger partial charge >= 0.3 is 0 Å². The summed E-state index contributed by atoms with van der Waals surface area (Å²) < 4.78 is 15.3. The van der Waals surface area contributed by atoms with Gasteiger partial charge in [0, 0.05) is 12.1 Å². The van der Waals surface area contributed by atoms with Crippen LogP contribution in [0.3, 0.4) is 0 Å². The second-order valence-corrected chi connectivity index (χ2v) is 11.9. The summed E-state index contributed by atoms with van der Waals surface area (Å²) in [7, 11) is 0. The molecule has 178 valence electrons. The molecule has 4 aliphatic carbocycles. The maximum Gasteiger partial charge on any atom is 0.157 e. The molecule has 0 saturated heterocycles. The maximum absolute atomic E-state index is 13.6. The summed E-state index contributed by atoms with van der Waals surface area (Å²) in [5, 5.41) is 15.0. The van der Waals surface area contributed by atoms with Crippen molar-refractivity contribution in [2.75, 3.05) is 6.67 Å². The van der Waals surface area contributed by atoms with Crippen molar-refractivity contribution in [2.24, 2.45) is 40.9 Å². The highest BCUT2D eigenvalue weighted by atomic mass is 19.1. The van der Waals surface area contributed by atoms with Gasteiger partial charge in [-0.15, -0.1) is 0 Å². The van der Waals surface area contributed by atoms with Gasteiger partial charge in [0.05, 0.1) is 17.3 Å². The van der Waals surface area contributed by atoms with E-state index in [0.717, 1.165) is 43.1 Å². The van der Waals surface area contributed by atoms with Crippen molar-refractivity contribution in [1.82, 2.24) is 14.8 Å². The van der Waals surface area contributed by atoms with Crippen LogP contribution in [0.5, 0.6) is 0 Å². The van der Waals surface area contributed by atoms with E-state index in [2.05, 4.69) is 17.0 Å². The number of pyridine rings is 1. The molecule has 6 heteroatoms. The first kappa shape index (κ1) is 21.7. The summed E-state index contributed by atoms with van der Waals surface area (Å²) >= 11 is 0. The first-order valence-electron chi connectivity index (χ1n) is 13.0. The summed E-state index contributed by atoms with van der Waals surface area (Å²) in [6.45, 7) is 2.13. The van der Waals surface area contributed by atoms with Crippen LogP contribution in [0.25, 0.3) is 11.0 Å². The van der Waals surface area contributed by atoms with Crippen LogP contribution in [0, 0.1) is 40.9 Å². The number of hydrogen-bond acceptors (Lipinski definition) is 4. The SMILES string of the molecule is C[C@]12CC[C@H]3[C@@H](CC[C@H]4C[C@@](O)(CF)CC[C@@H]43)[C@@H]1CC[C@@H]2C(=O)Cn1ncc2ncccc21. The molecular formula is C27H36FN3O2. The highest BCUT2D eigenvalue weighted by molar-refractivity contribution is 5.84. The number of Topliss-reactive ketones (excluding diaryl/α,β-unsaturated/α-hetero) is 1. The van der Waals surface area contributed by atoms with Crippen LogP contribution >= 0.6 is 0 Å². The first-order chi connectivity index (χ1) is 15.9. The Labute approximate surface area is 195 Å². The number of carbonyl (C=O) groups is 1. The van der Waals surface area contributed by atoms with Gasteiger partial charge in [-0.3, -0.25) is 14.5 Å². The molecule has 2 heterocycles. The summed E-state index contributed by atoms with van der Waals surface area (Å²) in [5.74, 6) is 3.55. The number of aromatic nitrogens is 3. The van der Waals surface area contributed by atoms with E-state index in [1.165, 1.54) is 12.8 Å². The van der Waals surface area contributed by atoms with Gasteiger partial charge in [0.2, 0.25) is 0 Å². The lowest BCUT2D eigenvalue weighted by Gasteiger charge is -2.56. The van der Waals surface area contributed by atoms with Crippen molar-refractivity contribution in [2.45, 2.75) is 76.9 Å². The summed E-state index contributed by atoms with van der Waals surface area (Å²) in [5.41, 5.74) is 0.776. The van der Waals surface area contributed by atoms with E-state index >= 15 is 0 Å². The molecule has 0 unspecified atom stereocenters. The van der Waals surface area contributed by atoms with Crippen molar-refractivity contribution in [3.8, 4) is 0 Å². The molecular weight excluding hydrogens is 417 g/mol. The number of rotatable bonds is 4. The van der Waals surface area contributed by atoms with Crippen LogP contribution in [0.15, 0.2) is 24.5 Å². The average molecular weight is 454 g/mol. The Bertz CT molecular complexity index is 1050. The molecule has 4 saturated carbocycles. The zero-order chi connectivity index (χ0) is 22.8. The Balaban J connectivity index is 1.19. The van der Waals surface area contributed by atoms with Gasteiger partial charge in [-0.25, -0.2) is 4.39 Å². The molecule has 1 N–H and O–H groups in total. The number of aliphatic hydroxyl groups is 1. The van der Waals surface area contributed by atoms with Crippen LogP contribution in [0.4, 0.5) is 4.39 Å². The molecule has 2 aromatic rings. The minimum atomic E-state index is -1.08. The van der Waals surface area contributed by atoms with Crippen LogP contribution in [0.1, 0.15) is 64.7 Å². The van der Waals surface area contributed by atoms with E-state index in [4.69, 9.17) is 0 Å². The van der Waals surface area contributed by atoms with Crippen LogP contribution in [0.2, 0.25) is 0 Å². The fourth-order valence-electron chi connectivity index (χ4n) is 8.91. The van der Waals surface area contributed by atoms with Gasteiger partial charge in [-0.1, -0.05) is 6.92 Å². The fraction of sp³-hybridized carbons (Fsp3) is 0.741. The normalized spacial score (nSPS) is 42.5. The Morgan fingerprint density at radius 2 is 2.00 bits per heavy atom. The van der Waals surface area contributed by atoms with Gasteiger partial charge in [0.1, 0.15) is 18.7 Å². The number of carbonyl (C=O) groups excluding carboxylic acids is 1. The van der Waals surface area contributed by atoms with Crippen LogP contribution in [-0.4, -0.2) is 37.9 Å². The van der Waals surface area contributed by atoms with Gasteiger partial charge in [0.15, 0.2) is 5.78 Å². The Morgan fingerprint density at radius 1 is 1.15 bits per heavy atom. The minimum Gasteiger partial charge on any atom is -0.387 e. The van der Waals surface area contributed by atoms with Gasteiger partial charge in [-0.2, -0.15) is 5.10 Å². The third-order valence-electron chi connectivity index (χ3n) is 10.5. The van der Waals surface area contributed by atoms with Crippen molar-refractivity contribution >= 4 is 16.8 Å². The summed E-state index contributed by atoms with van der Waals surface area (Å²) in [4.78, 5) is 17.9. The van der Waals surface area contributed by atoms with Crippen molar-refractivity contribution in [1.29, 1.82) is 0 Å². The van der Waals surface area contributed by atoms with Crippen LogP contribution < -0.4 is 0 Å². The van der Waals surface area contributed by atoms with E-state index in [9.17, 15) is 14.3 Å². The molecule has 2 aromatic heterocycles. The topological polar surface area (TPSA) is 68.0 Å².